The van der Waals surface area contributed by atoms with Crippen LogP contribution >= 0.6 is 0 Å². The largest absolute Gasteiger partial charge is 0.490 e. The van der Waals surface area contributed by atoms with Gasteiger partial charge >= 0.3 is 12.1 Å². The van der Waals surface area contributed by atoms with Crippen LogP contribution in [0, 0.1) is 6.92 Å². The highest BCUT2D eigenvalue weighted by molar-refractivity contribution is 7.89. The molecule has 0 aliphatic carbocycles. The zero-order valence-electron chi connectivity index (χ0n) is 23.7. The number of anilines is 3. The van der Waals surface area contributed by atoms with Gasteiger partial charge in [-0.25, -0.2) is 32.5 Å². The molecule has 1 atom stereocenters. The molecule has 3 heterocycles. The number of carboxylic acids is 1. The fourth-order valence-electron chi connectivity index (χ4n) is 3.51. The molecule has 4 rings (SSSR count). The number of sulfonamides is 1. The molecule has 44 heavy (non-hydrogen) atoms. The number of nitrogens with zero attached hydrogens (tertiary/aromatic N) is 6. The number of aryl methyl sites for hydroxylation is 1. The van der Waals surface area contributed by atoms with Crippen LogP contribution in [0.25, 0.3) is 11.4 Å². The van der Waals surface area contributed by atoms with E-state index in [1.54, 1.807) is 50.7 Å². The van der Waals surface area contributed by atoms with E-state index < -0.39 is 28.2 Å². The van der Waals surface area contributed by atoms with Crippen molar-refractivity contribution in [1.82, 2.24) is 29.2 Å². The van der Waals surface area contributed by atoms with Gasteiger partial charge in [-0.1, -0.05) is 12.1 Å². The lowest BCUT2D eigenvalue weighted by Crippen LogP contribution is -2.22. The fraction of sp³-hybridized carbons (Fsp3) is 0.231. The van der Waals surface area contributed by atoms with Gasteiger partial charge < -0.3 is 26.6 Å². The Bertz CT molecular complexity index is 1700. The lowest BCUT2D eigenvalue weighted by molar-refractivity contribution is -0.192. The minimum atomic E-state index is -5.08. The zero-order valence-corrected chi connectivity index (χ0v) is 24.6. The van der Waals surface area contributed by atoms with E-state index in [1.807, 2.05) is 6.07 Å². The lowest BCUT2D eigenvalue weighted by atomic mass is 9.99. The molecular formula is C26H28F3N9O5S. The monoisotopic (exact) mass is 635 g/mol. The number of ether oxygens (including phenoxy) is 1. The summed E-state index contributed by atoms with van der Waals surface area (Å²) in [5.74, 6) is -0.972. The number of benzene rings is 1. The summed E-state index contributed by atoms with van der Waals surface area (Å²) in [5, 5.41) is 10.3. The second-order valence-corrected chi connectivity index (χ2v) is 11.2. The van der Waals surface area contributed by atoms with E-state index in [1.165, 1.54) is 26.2 Å². The van der Waals surface area contributed by atoms with Gasteiger partial charge in [0.2, 0.25) is 21.9 Å². The van der Waals surface area contributed by atoms with E-state index in [9.17, 15) is 21.6 Å². The summed E-state index contributed by atoms with van der Waals surface area (Å²) in [6.07, 6.45) is -1.84. The average molecular weight is 636 g/mol. The summed E-state index contributed by atoms with van der Waals surface area (Å²) in [4.78, 5) is 30.6. The molecule has 0 bridgehead atoms. The average Bonchev–Trinajstić information content (AvgIpc) is 2.96. The summed E-state index contributed by atoms with van der Waals surface area (Å²) in [6.45, 7) is 1.72. The van der Waals surface area contributed by atoms with Gasteiger partial charge in [-0.05, 0) is 42.3 Å². The van der Waals surface area contributed by atoms with E-state index in [0.717, 1.165) is 4.31 Å². The van der Waals surface area contributed by atoms with Gasteiger partial charge in [0.25, 0.3) is 0 Å². The molecule has 18 heteroatoms. The summed E-state index contributed by atoms with van der Waals surface area (Å²) < 4.78 is 62.8. The zero-order chi connectivity index (χ0) is 32.8. The Balaban J connectivity index is 0.000000676. The Hall–Kier alpha value is -4.94. The molecule has 4 aromatic rings. The predicted octanol–water partition coefficient (Wildman–Crippen LogP) is 2.90. The van der Waals surface area contributed by atoms with Crippen LogP contribution in [0.5, 0.6) is 5.88 Å². The van der Waals surface area contributed by atoms with Gasteiger partial charge in [0.05, 0.1) is 35.5 Å². The predicted molar refractivity (Wildman–Crippen MR) is 153 cm³/mol. The first-order valence-electron chi connectivity index (χ1n) is 12.4. The highest BCUT2D eigenvalue weighted by Gasteiger charge is 2.38. The quantitative estimate of drug-likeness (QED) is 0.220. The molecule has 0 radical (unpaired) electrons. The minimum Gasteiger partial charge on any atom is -0.481 e. The molecule has 0 aliphatic heterocycles. The van der Waals surface area contributed by atoms with Crippen LogP contribution in [0.3, 0.4) is 0 Å². The Morgan fingerprint density at radius 2 is 1.66 bits per heavy atom. The molecule has 14 nitrogen and oxygen atoms in total. The smallest absolute Gasteiger partial charge is 0.481 e. The van der Waals surface area contributed by atoms with E-state index in [-0.39, 0.29) is 10.8 Å². The molecular weight excluding hydrogens is 607 g/mol. The van der Waals surface area contributed by atoms with Crippen molar-refractivity contribution in [2.24, 2.45) is 5.73 Å². The van der Waals surface area contributed by atoms with Crippen LogP contribution in [0.2, 0.25) is 0 Å². The number of rotatable bonds is 8. The maximum absolute atomic E-state index is 12.4. The van der Waals surface area contributed by atoms with Crippen molar-refractivity contribution < 1.29 is 36.2 Å². The molecule has 0 amide bonds. The van der Waals surface area contributed by atoms with E-state index in [2.05, 4.69) is 30.2 Å². The number of nitrogens with two attached hydrogens (primary N) is 2. The van der Waals surface area contributed by atoms with Crippen LogP contribution in [-0.4, -0.2) is 76.1 Å². The topological polar surface area (TPSA) is 212 Å². The maximum Gasteiger partial charge on any atom is 0.490 e. The summed E-state index contributed by atoms with van der Waals surface area (Å²) in [6, 6.07) is 11.2. The van der Waals surface area contributed by atoms with Crippen molar-refractivity contribution in [1.29, 1.82) is 0 Å². The minimum absolute atomic E-state index is 0.0759. The Morgan fingerprint density at radius 1 is 1.02 bits per heavy atom. The molecule has 1 unspecified atom stereocenters. The highest BCUT2D eigenvalue weighted by atomic mass is 32.2. The van der Waals surface area contributed by atoms with Gasteiger partial charge in [-0.3, -0.25) is 0 Å². The molecule has 0 spiro atoms. The number of aromatic nitrogens is 5. The third-order valence-corrected chi connectivity index (χ3v) is 7.57. The number of methoxy groups -OCH3 is 1. The van der Waals surface area contributed by atoms with Crippen molar-refractivity contribution in [3.8, 4) is 17.3 Å². The molecule has 0 fully saturated rings. The first-order valence-corrected chi connectivity index (χ1v) is 13.8. The van der Waals surface area contributed by atoms with E-state index in [0.29, 0.717) is 45.7 Å². The number of hydrogen-bond acceptors (Lipinski definition) is 12. The molecule has 0 saturated carbocycles. The Morgan fingerprint density at radius 3 is 2.16 bits per heavy atom. The van der Waals surface area contributed by atoms with Crippen LogP contribution in [-0.2, 0) is 14.8 Å². The van der Waals surface area contributed by atoms with Gasteiger partial charge in [-0.15, -0.1) is 0 Å². The van der Waals surface area contributed by atoms with Crippen LogP contribution < -0.4 is 21.5 Å². The van der Waals surface area contributed by atoms with Crippen molar-refractivity contribution >= 4 is 33.4 Å². The molecule has 6 N–H and O–H groups in total. The third-order valence-electron chi connectivity index (χ3n) is 5.74. The number of halogens is 3. The fourth-order valence-corrected chi connectivity index (χ4v) is 4.41. The molecule has 0 saturated heterocycles. The first-order chi connectivity index (χ1) is 20.5. The van der Waals surface area contributed by atoms with Crippen molar-refractivity contribution in [3.63, 3.8) is 0 Å². The van der Waals surface area contributed by atoms with Gasteiger partial charge in [0.1, 0.15) is 11.6 Å². The van der Waals surface area contributed by atoms with Crippen molar-refractivity contribution in [2.45, 2.75) is 24.0 Å². The Labute approximate surface area is 250 Å². The standard InChI is InChI=1S/C24H27N9O3S.C2HF3O2/c1-14-29-23(32-24(26)30-14)19-11-16(12-28-22(19)31-17-7-10-20(36-4)27-13-17)21(25)15-5-8-18(9-6-15)37(34,35)33(2)3;3-2(4,5)1(6)7/h5-13,21H,25H2,1-4H3,(H,28,31)(H2,26,29,30,32);(H,6,7). The van der Waals surface area contributed by atoms with Crippen LogP contribution in [0.4, 0.5) is 30.6 Å². The number of alkyl halides is 3. The van der Waals surface area contributed by atoms with Crippen molar-refractivity contribution in [3.05, 3.63) is 71.8 Å². The Kier molecular flexibility index (Phi) is 10.4. The summed E-state index contributed by atoms with van der Waals surface area (Å²) in [7, 11) is 0.954. The second kappa shape index (κ2) is 13.6. The van der Waals surface area contributed by atoms with Crippen LogP contribution in [0.1, 0.15) is 23.0 Å². The van der Waals surface area contributed by atoms with Gasteiger partial charge in [-0.2, -0.15) is 23.1 Å². The number of nitrogen functional groups attached to an aromatic ring is 1. The van der Waals surface area contributed by atoms with Crippen LogP contribution in [0.15, 0.2) is 59.8 Å². The number of aliphatic carboxylic acids is 1. The molecule has 1 aromatic carbocycles. The number of carboxylic acid groups (broad SMARTS) is 1. The first kappa shape index (κ1) is 33.6. The number of carbonyl (C=O) groups is 1. The molecule has 234 valence electrons. The number of nitrogens with one attached hydrogen (secondary N) is 1. The second-order valence-electron chi connectivity index (χ2n) is 9.08. The molecule has 0 aliphatic rings. The van der Waals surface area contributed by atoms with E-state index >= 15 is 0 Å². The SMILES string of the molecule is COc1ccc(Nc2ncc(C(N)c3ccc(S(=O)(=O)N(C)C)cc3)cc2-c2nc(C)nc(N)n2)cn1.O=C(O)C(F)(F)F. The lowest BCUT2D eigenvalue weighted by Gasteiger charge is -2.17. The number of pyridine rings is 2. The third kappa shape index (κ3) is 8.33. The summed E-state index contributed by atoms with van der Waals surface area (Å²) >= 11 is 0. The van der Waals surface area contributed by atoms with Gasteiger partial charge in [0.15, 0.2) is 5.82 Å². The molecule has 3 aromatic heterocycles. The van der Waals surface area contributed by atoms with Gasteiger partial charge in [0, 0.05) is 26.4 Å². The normalized spacial score (nSPS) is 12.2. The highest BCUT2D eigenvalue weighted by Crippen LogP contribution is 2.31. The van der Waals surface area contributed by atoms with Crippen molar-refractivity contribution in [2.75, 3.05) is 32.3 Å². The summed E-state index contributed by atoms with van der Waals surface area (Å²) in [5.41, 5.74) is 15.0. The number of hydrogen-bond donors (Lipinski definition) is 4. The van der Waals surface area contributed by atoms with E-state index in [4.69, 9.17) is 26.1 Å². The maximum atomic E-state index is 12.4.